The lowest BCUT2D eigenvalue weighted by atomic mass is 10.2. The van der Waals surface area contributed by atoms with Gasteiger partial charge in [-0.1, -0.05) is 23.9 Å². The van der Waals surface area contributed by atoms with Crippen molar-refractivity contribution in [1.29, 1.82) is 5.26 Å². The predicted molar refractivity (Wildman–Crippen MR) is 91.7 cm³/mol. The Hall–Kier alpha value is -3.12. The van der Waals surface area contributed by atoms with Crippen molar-refractivity contribution in [3.63, 3.8) is 0 Å². The Balaban J connectivity index is 1.68. The molecule has 0 spiro atoms. The van der Waals surface area contributed by atoms with Crippen LogP contribution in [0.2, 0.25) is 0 Å². The van der Waals surface area contributed by atoms with Crippen LogP contribution in [-0.2, 0) is 4.79 Å². The monoisotopic (exact) mass is 372 g/mol. The van der Waals surface area contributed by atoms with Gasteiger partial charge in [0.05, 0.1) is 30.2 Å². The molecule has 1 amide bonds. The number of anilines is 1. The van der Waals surface area contributed by atoms with Gasteiger partial charge in [-0.15, -0.1) is 10.2 Å². The molecule has 0 fully saturated rings. The molecule has 2 heterocycles. The minimum Gasteiger partial charge on any atom is -0.459 e. The molecule has 0 aliphatic rings. The SMILES string of the molecule is N#CCCN(C(=O)CSc1nnc(-c2ccco2)o1)c1ccccc1F. The molecule has 3 aromatic rings. The smallest absolute Gasteiger partial charge is 0.284 e. The van der Waals surface area contributed by atoms with Crippen LogP contribution < -0.4 is 4.90 Å². The molecule has 0 saturated carbocycles. The van der Waals surface area contributed by atoms with Crippen LogP contribution in [0.5, 0.6) is 0 Å². The number of carbonyl (C=O) groups is 1. The molecule has 0 radical (unpaired) electrons. The fourth-order valence-electron chi connectivity index (χ4n) is 2.18. The number of para-hydroxylation sites is 1. The van der Waals surface area contributed by atoms with Crippen molar-refractivity contribution in [2.45, 2.75) is 11.6 Å². The molecule has 3 rings (SSSR count). The predicted octanol–water partition coefficient (Wildman–Crippen LogP) is 3.51. The molecule has 1 aromatic carbocycles. The number of thioether (sulfide) groups is 1. The number of aromatic nitrogens is 2. The maximum Gasteiger partial charge on any atom is 0.284 e. The molecular weight excluding hydrogens is 359 g/mol. The normalized spacial score (nSPS) is 10.5. The minimum absolute atomic E-state index is 0.0421. The van der Waals surface area contributed by atoms with Crippen LogP contribution in [0.25, 0.3) is 11.7 Å². The van der Waals surface area contributed by atoms with Gasteiger partial charge in [0.2, 0.25) is 5.91 Å². The molecule has 0 aliphatic carbocycles. The molecule has 0 unspecified atom stereocenters. The second-order valence-corrected chi connectivity index (χ2v) is 5.97. The number of hydrogen-bond acceptors (Lipinski definition) is 7. The Morgan fingerprint density at radius 2 is 2.12 bits per heavy atom. The first-order valence-corrected chi connectivity index (χ1v) is 8.59. The van der Waals surface area contributed by atoms with Crippen molar-refractivity contribution in [3.05, 3.63) is 48.5 Å². The maximum absolute atomic E-state index is 14.0. The van der Waals surface area contributed by atoms with Gasteiger partial charge in [0, 0.05) is 6.54 Å². The number of amides is 1. The van der Waals surface area contributed by atoms with Crippen molar-refractivity contribution in [3.8, 4) is 17.7 Å². The summed E-state index contributed by atoms with van der Waals surface area (Å²) < 4.78 is 24.6. The first-order chi connectivity index (χ1) is 12.7. The summed E-state index contributed by atoms with van der Waals surface area (Å²) in [4.78, 5) is 13.8. The fraction of sp³-hybridized carbons (Fsp3) is 0.176. The van der Waals surface area contributed by atoms with E-state index in [-0.39, 0.29) is 41.4 Å². The van der Waals surface area contributed by atoms with Crippen molar-refractivity contribution in [1.82, 2.24) is 10.2 Å². The second-order valence-electron chi connectivity index (χ2n) is 5.04. The van der Waals surface area contributed by atoms with Crippen LogP contribution in [0.4, 0.5) is 10.1 Å². The number of rotatable bonds is 7. The van der Waals surface area contributed by atoms with Gasteiger partial charge in [-0.3, -0.25) is 4.79 Å². The molecule has 7 nitrogen and oxygen atoms in total. The largest absolute Gasteiger partial charge is 0.459 e. The lowest BCUT2D eigenvalue weighted by Crippen LogP contribution is -2.34. The first kappa shape index (κ1) is 17.7. The molecule has 26 heavy (non-hydrogen) atoms. The number of nitrogens with zero attached hydrogens (tertiary/aromatic N) is 4. The van der Waals surface area contributed by atoms with Gasteiger partial charge in [-0.05, 0) is 24.3 Å². The van der Waals surface area contributed by atoms with E-state index in [0.717, 1.165) is 11.8 Å². The zero-order valence-electron chi connectivity index (χ0n) is 13.5. The van der Waals surface area contributed by atoms with E-state index in [2.05, 4.69) is 10.2 Å². The Morgan fingerprint density at radius 1 is 1.27 bits per heavy atom. The summed E-state index contributed by atoms with van der Waals surface area (Å²) in [5.41, 5.74) is 0.134. The van der Waals surface area contributed by atoms with E-state index >= 15 is 0 Å². The van der Waals surface area contributed by atoms with Crippen LogP contribution in [0.15, 0.2) is 56.7 Å². The number of furan rings is 1. The highest BCUT2D eigenvalue weighted by Crippen LogP contribution is 2.25. The molecule has 0 saturated heterocycles. The molecule has 0 aliphatic heterocycles. The number of hydrogen-bond donors (Lipinski definition) is 0. The number of carbonyl (C=O) groups excluding carboxylic acids is 1. The summed E-state index contributed by atoms with van der Waals surface area (Å²) in [7, 11) is 0. The van der Waals surface area contributed by atoms with Gasteiger partial charge < -0.3 is 13.7 Å². The molecule has 0 atom stereocenters. The van der Waals surface area contributed by atoms with E-state index in [1.54, 1.807) is 18.2 Å². The van der Waals surface area contributed by atoms with Crippen molar-refractivity contribution in [2.24, 2.45) is 0 Å². The van der Waals surface area contributed by atoms with E-state index in [0.29, 0.717) is 5.76 Å². The van der Waals surface area contributed by atoms with Gasteiger partial charge in [0.1, 0.15) is 5.82 Å². The summed E-state index contributed by atoms with van der Waals surface area (Å²) in [6.45, 7) is 0.0955. The number of halogens is 1. The topological polar surface area (TPSA) is 96.2 Å². The summed E-state index contributed by atoms with van der Waals surface area (Å²) in [6, 6.07) is 11.3. The molecule has 0 bridgehead atoms. The van der Waals surface area contributed by atoms with Gasteiger partial charge in [0.15, 0.2) is 5.76 Å². The number of nitriles is 1. The van der Waals surface area contributed by atoms with Crippen LogP contribution in [0.1, 0.15) is 6.42 Å². The maximum atomic E-state index is 14.0. The third kappa shape index (κ3) is 4.10. The quantitative estimate of drug-likeness (QED) is 0.586. The zero-order valence-corrected chi connectivity index (χ0v) is 14.3. The van der Waals surface area contributed by atoms with E-state index in [1.165, 1.54) is 29.4 Å². The standard InChI is InChI=1S/C17H13FN4O3S/c18-12-5-1-2-6-13(12)22(9-4-8-19)15(23)11-26-17-21-20-16(25-17)14-7-3-10-24-14/h1-3,5-7,10H,4,9,11H2. The van der Waals surface area contributed by atoms with Gasteiger partial charge in [-0.25, -0.2) is 4.39 Å². The molecular formula is C17H13FN4O3S. The Kier molecular flexibility index (Phi) is 5.66. The average molecular weight is 372 g/mol. The molecule has 0 N–H and O–H groups in total. The van der Waals surface area contributed by atoms with Crippen LogP contribution in [0, 0.1) is 17.1 Å². The first-order valence-electron chi connectivity index (χ1n) is 7.61. The van der Waals surface area contributed by atoms with Crippen molar-refractivity contribution < 1.29 is 18.0 Å². The lowest BCUT2D eigenvalue weighted by Gasteiger charge is -2.21. The highest BCUT2D eigenvalue weighted by molar-refractivity contribution is 7.99. The average Bonchev–Trinajstić information content (AvgIpc) is 3.33. The Morgan fingerprint density at radius 3 is 2.85 bits per heavy atom. The summed E-state index contributed by atoms with van der Waals surface area (Å²) >= 11 is 1.03. The highest BCUT2D eigenvalue weighted by Gasteiger charge is 2.20. The zero-order chi connectivity index (χ0) is 18.4. The third-order valence-corrected chi connectivity index (χ3v) is 4.15. The number of benzene rings is 1. The molecule has 9 heteroatoms. The fourth-order valence-corrected chi connectivity index (χ4v) is 2.82. The van der Waals surface area contributed by atoms with Gasteiger partial charge >= 0.3 is 0 Å². The molecule has 2 aromatic heterocycles. The Labute approximate surface area is 152 Å². The van der Waals surface area contributed by atoms with E-state index in [4.69, 9.17) is 14.1 Å². The van der Waals surface area contributed by atoms with Crippen molar-refractivity contribution >= 4 is 23.4 Å². The summed E-state index contributed by atoms with van der Waals surface area (Å²) in [5, 5.41) is 16.7. The lowest BCUT2D eigenvalue weighted by molar-refractivity contribution is -0.116. The van der Waals surface area contributed by atoms with E-state index in [9.17, 15) is 9.18 Å². The molecule has 132 valence electrons. The second kappa shape index (κ2) is 8.31. The highest BCUT2D eigenvalue weighted by atomic mass is 32.2. The van der Waals surface area contributed by atoms with Gasteiger partial charge in [-0.2, -0.15) is 5.26 Å². The minimum atomic E-state index is -0.526. The van der Waals surface area contributed by atoms with Crippen molar-refractivity contribution in [2.75, 3.05) is 17.2 Å². The van der Waals surface area contributed by atoms with E-state index < -0.39 is 5.82 Å². The Bertz CT molecular complexity index is 920. The van der Waals surface area contributed by atoms with Crippen LogP contribution in [-0.4, -0.2) is 28.4 Å². The third-order valence-electron chi connectivity index (χ3n) is 3.35. The summed E-state index contributed by atoms with van der Waals surface area (Å²) in [6.07, 6.45) is 1.57. The summed E-state index contributed by atoms with van der Waals surface area (Å²) in [5.74, 6) is -0.299. The van der Waals surface area contributed by atoms with E-state index in [1.807, 2.05) is 6.07 Å². The van der Waals surface area contributed by atoms with Gasteiger partial charge in [0.25, 0.3) is 11.1 Å². The van der Waals surface area contributed by atoms with Crippen LogP contribution >= 0.6 is 11.8 Å². The van der Waals surface area contributed by atoms with Crippen LogP contribution in [0.3, 0.4) is 0 Å².